The van der Waals surface area contributed by atoms with Crippen molar-refractivity contribution >= 4 is 23.8 Å². The Labute approximate surface area is 141 Å². The van der Waals surface area contributed by atoms with E-state index < -0.39 is 30.7 Å². The van der Waals surface area contributed by atoms with Gasteiger partial charge >= 0.3 is 18.2 Å². The maximum atomic E-state index is 12.0. The highest BCUT2D eigenvalue weighted by Crippen LogP contribution is 2.22. The normalized spacial score (nSPS) is 12.5. The molecule has 0 aliphatic heterocycles. The van der Waals surface area contributed by atoms with Crippen LogP contribution in [0.5, 0.6) is 0 Å². The number of alkyl halides is 3. The van der Waals surface area contributed by atoms with E-state index in [1.54, 1.807) is 30.3 Å². The van der Waals surface area contributed by atoms with Crippen molar-refractivity contribution in [2.45, 2.75) is 31.7 Å². The molecular formula is C15H18F3NO4S. The molecule has 0 heterocycles. The first-order valence-electron chi connectivity index (χ1n) is 7.12. The van der Waals surface area contributed by atoms with Crippen LogP contribution in [0.25, 0.3) is 0 Å². The Kier molecular flexibility index (Phi) is 8.45. The Bertz CT molecular complexity index is 525. The van der Waals surface area contributed by atoms with Crippen molar-refractivity contribution in [2.75, 3.05) is 11.5 Å². The van der Waals surface area contributed by atoms with Crippen molar-refractivity contribution in [3.05, 3.63) is 35.9 Å². The number of benzene rings is 1. The Morgan fingerprint density at radius 1 is 1.25 bits per heavy atom. The Morgan fingerprint density at radius 3 is 2.50 bits per heavy atom. The van der Waals surface area contributed by atoms with Crippen molar-refractivity contribution in [1.82, 2.24) is 5.32 Å². The number of thioether (sulfide) groups is 1. The van der Waals surface area contributed by atoms with Crippen LogP contribution in [0.1, 0.15) is 18.4 Å². The summed E-state index contributed by atoms with van der Waals surface area (Å²) in [6.07, 6.45) is -6.11. The van der Waals surface area contributed by atoms with Crippen LogP contribution < -0.4 is 5.32 Å². The summed E-state index contributed by atoms with van der Waals surface area (Å²) in [6.45, 7) is -0.00224. The molecule has 0 bridgehead atoms. The lowest BCUT2D eigenvalue weighted by Gasteiger charge is -2.14. The predicted octanol–water partition coefficient (Wildman–Crippen LogP) is 3.44. The van der Waals surface area contributed by atoms with Gasteiger partial charge in [0.15, 0.2) is 0 Å². The average molecular weight is 365 g/mol. The second-order valence-electron chi connectivity index (χ2n) is 4.89. The number of aliphatic carboxylic acids is 1. The molecule has 0 unspecified atom stereocenters. The number of carboxylic acids is 1. The van der Waals surface area contributed by atoms with Crippen LogP contribution in [-0.4, -0.2) is 40.9 Å². The lowest BCUT2D eigenvalue weighted by Crippen LogP contribution is -2.42. The third-order valence-corrected chi connectivity index (χ3v) is 3.98. The van der Waals surface area contributed by atoms with Crippen molar-refractivity contribution in [1.29, 1.82) is 0 Å². The first-order chi connectivity index (χ1) is 11.3. The molecule has 0 aliphatic carbocycles. The maximum absolute atomic E-state index is 12.0. The predicted molar refractivity (Wildman–Crippen MR) is 83.8 cm³/mol. The summed E-state index contributed by atoms with van der Waals surface area (Å²) in [5.41, 5.74) is 0.751. The van der Waals surface area contributed by atoms with Gasteiger partial charge < -0.3 is 15.2 Å². The second-order valence-corrected chi connectivity index (χ2v) is 6.04. The van der Waals surface area contributed by atoms with E-state index >= 15 is 0 Å². The highest BCUT2D eigenvalue weighted by molar-refractivity contribution is 7.99. The molecule has 0 fully saturated rings. The summed E-state index contributed by atoms with van der Waals surface area (Å²) >= 11 is 1.04. The van der Waals surface area contributed by atoms with E-state index in [4.69, 9.17) is 9.84 Å². The minimum absolute atomic E-state index is 0.00224. The van der Waals surface area contributed by atoms with Crippen LogP contribution in [0.3, 0.4) is 0 Å². The fourth-order valence-electron chi connectivity index (χ4n) is 1.66. The zero-order valence-corrected chi connectivity index (χ0v) is 13.5. The Balaban J connectivity index is 2.29. The van der Waals surface area contributed by atoms with Crippen molar-refractivity contribution in [3.63, 3.8) is 0 Å². The van der Waals surface area contributed by atoms with Crippen LogP contribution in [0.2, 0.25) is 0 Å². The summed E-state index contributed by atoms with van der Waals surface area (Å²) in [6, 6.07) is 7.63. The molecular weight excluding hydrogens is 347 g/mol. The van der Waals surface area contributed by atoms with Crippen LogP contribution in [0, 0.1) is 0 Å². The number of hydrogen-bond acceptors (Lipinski definition) is 4. The van der Waals surface area contributed by atoms with Crippen LogP contribution in [0.15, 0.2) is 30.3 Å². The SMILES string of the molecule is O=C(N[C@H](CSCCCC(F)(F)F)C(=O)O)OCc1ccccc1. The van der Waals surface area contributed by atoms with Gasteiger partial charge in [-0.2, -0.15) is 24.9 Å². The summed E-state index contributed by atoms with van der Waals surface area (Å²) in [5.74, 6) is -1.15. The number of carbonyl (C=O) groups is 2. The smallest absolute Gasteiger partial charge is 0.408 e. The molecule has 5 nitrogen and oxygen atoms in total. The summed E-state index contributed by atoms with van der Waals surface area (Å²) in [4.78, 5) is 22.7. The third kappa shape index (κ3) is 9.29. The van der Waals surface area contributed by atoms with Crippen LogP contribution in [0.4, 0.5) is 18.0 Å². The van der Waals surface area contributed by atoms with E-state index in [0.29, 0.717) is 0 Å². The van der Waals surface area contributed by atoms with Gasteiger partial charge in [0.2, 0.25) is 0 Å². The lowest BCUT2D eigenvalue weighted by molar-refractivity contribution is -0.139. The minimum atomic E-state index is -4.22. The van der Waals surface area contributed by atoms with E-state index in [1.807, 2.05) is 0 Å². The molecule has 2 N–H and O–H groups in total. The second kappa shape index (κ2) is 10.1. The lowest BCUT2D eigenvalue weighted by atomic mass is 10.2. The first-order valence-corrected chi connectivity index (χ1v) is 8.28. The van der Waals surface area contributed by atoms with Crippen molar-refractivity contribution in [2.24, 2.45) is 0 Å². The van der Waals surface area contributed by atoms with Crippen molar-refractivity contribution < 1.29 is 32.6 Å². The molecule has 0 aromatic heterocycles. The van der Waals surface area contributed by atoms with E-state index in [2.05, 4.69) is 5.32 Å². The van der Waals surface area contributed by atoms with Gasteiger partial charge in [0, 0.05) is 12.2 Å². The standard InChI is InChI=1S/C15H18F3NO4S/c16-15(17,18)7-4-8-24-10-12(13(20)21)19-14(22)23-9-11-5-2-1-3-6-11/h1-3,5-6,12H,4,7-10H2,(H,19,22)(H,20,21)/t12-/m1/s1. The van der Waals surface area contributed by atoms with E-state index in [0.717, 1.165) is 17.3 Å². The first kappa shape index (κ1) is 20.1. The topological polar surface area (TPSA) is 75.6 Å². The number of nitrogens with one attached hydrogen (secondary N) is 1. The van der Waals surface area contributed by atoms with Gasteiger partial charge in [-0.1, -0.05) is 30.3 Å². The van der Waals surface area contributed by atoms with E-state index in [1.165, 1.54) is 0 Å². The Morgan fingerprint density at radius 2 is 1.92 bits per heavy atom. The Hall–Kier alpha value is -1.90. The van der Waals surface area contributed by atoms with Gasteiger partial charge in [0.1, 0.15) is 12.6 Å². The number of hydrogen-bond donors (Lipinski definition) is 2. The molecule has 9 heteroatoms. The molecule has 1 aromatic rings. The fourth-order valence-corrected chi connectivity index (χ4v) is 2.63. The monoisotopic (exact) mass is 365 g/mol. The molecule has 134 valence electrons. The average Bonchev–Trinajstić information content (AvgIpc) is 2.51. The largest absolute Gasteiger partial charge is 0.480 e. The zero-order valence-electron chi connectivity index (χ0n) is 12.7. The quantitative estimate of drug-likeness (QED) is 0.656. The van der Waals surface area contributed by atoms with Crippen LogP contribution >= 0.6 is 11.8 Å². The van der Waals surface area contributed by atoms with E-state index in [9.17, 15) is 22.8 Å². The zero-order chi connectivity index (χ0) is 18.0. The summed E-state index contributed by atoms with van der Waals surface area (Å²) in [7, 11) is 0. The third-order valence-electron chi connectivity index (χ3n) is 2.84. The molecule has 0 radical (unpaired) electrons. The molecule has 1 amide bonds. The number of alkyl carbamates (subject to hydrolysis) is 1. The van der Waals surface area contributed by atoms with Crippen LogP contribution in [-0.2, 0) is 16.1 Å². The number of halogens is 3. The number of carboxylic acid groups (broad SMARTS) is 1. The highest BCUT2D eigenvalue weighted by atomic mass is 32.2. The molecule has 0 saturated heterocycles. The molecule has 1 atom stereocenters. The number of amides is 1. The van der Waals surface area contributed by atoms with Gasteiger partial charge in [-0.05, 0) is 17.7 Å². The number of carbonyl (C=O) groups excluding carboxylic acids is 1. The molecule has 0 saturated carbocycles. The molecule has 1 rings (SSSR count). The molecule has 1 aromatic carbocycles. The highest BCUT2D eigenvalue weighted by Gasteiger charge is 2.26. The van der Waals surface area contributed by atoms with Gasteiger partial charge in [-0.3, -0.25) is 0 Å². The minimum Gasteiger partial charge on any atom is -0.480 e. The van der Waals surface area contributed by atoms with Crippen molar-refractivity contribution in [3.8, 4) is 0 Å². The van der Waals surface area contributed by atoms with Gasteiger partial charge in [-0.25, -0.2) is 9.59 Å². The summed E-state index contributed by atoms with van der Waals surface area (Å²) in [5, 5.41) is 11.2. The van der Waals surface area contributed by atoms with Gasteiger partial charge in [0.05, 0.1) is 0 Å². The van der Waals surface area contributed by atoms with Gasteiger partial charge in [0.25, 0.3) is 0 Å². The fraction of sp³-hybridized carbons (Fsp3) is 0.467. The maximum Gasteiger partial charge on any atom is 0.408 e. The summed E-state index contributed by atoms with van der Waals surface area (Å²) < 4.78 is 40.9. The molecule has 0 aliphatic rings. The number of rotatable bonds is 9. The molecule has 0 spiro atoms. The van der Waals surface area contributed by atoms with Gasteiger partial charge in [-0.15, -0.1) is 0 Å². The molecule has 24 heavy (non-hydrogen) atoms. The number of ether oxygens (including phenoxy) is 1. The van der Waals surface area contributed by atoms with E-state index in [-0.39, 0.29) is 24.5 Å².